The van der Waals surface area contributed by atoms with Crippen LogP contribution in [-0.4, -0.2) is 43.1 Å². The maximum Gasteiger partial charge on any atom is 0.226 e. The number of fused-ring (bicyclic) bond motifs is 2. The Balaban J connectivity index is 1.63. The van der Waals surface area contributed by atoms with Crippen molar-refractivity contribution < 1.29 is 10.2 Å². The molecule has 7 nitrogen and oxygen atoms in total. The molecule has 0 aromatic carbocycles. The van der Waals surface area contributed by atoms with Crippen molar-refractivity contribution in [3.05, 3.63) is 34.4 Å². The molecule has 7 heteroatoms. The van der Waals surface area contributed by atoms with Crippen LogP contribution >= 0.6 is 0 Å². The second-order valence-corrected chi connectivity index (χ2v) is 7.00. The zero-order valence-corrected chi connectivity index (χ0v) is 14.6. The van der Waals surface area contributed by atoms with Crippen molar-refractivity contribution in [2.24, 2.45) is 0 Å². The lowest BCUT2D eigenvalue weighted by atomic mass is 9.95. The van der Waals surface area contributed by atoms with Gasteiger partial charge in [0.15, 0.2) is 0 Å². The summed E-state index contributed by atoms with van der Waals surface area (Å²) >= 11 is 0. The minimum atomic E-state index is -0.921. The van der Waals surface area contributed by atoms with E-state index in [4.69, 9.17) is 15.1 Å². The highest BCUT2D eigenvalue weighted by atomic mass is 16.3. The normalized spacial score (nSPS) is 18.4. The topological polar surface area (TPSA) is 87.3 Å². The fourth-order valence-electron chi connectivity index (χ4n) is 3.82. The number of aliphatic hydroxyl groups is 2. The molecule has 1 aliphatic carbocycles. The van der Waals surface area contributed by atoms with E-state index in [1.807, 2.05) is 10.7 Å². The predicted octanol–water partition coefficient (Wildman–Crippen LogP) is 1.30. The standard InChI is InChI=1S/C18H25N5O2/c1-12-14-5-2-3-6-15(14)20-18(19-12)22-7-4-8-23-13(10-22)9-16(21-23)17(25)11-24/h9,17,24-25H,2-8,10-11H2,1H3. The van der Waals surface area contributed by atoms with Gasteiger partial charge in [-0.25, -0.2) is 9.97 Å². The number of rotatable bonds is 3. The molecule has 1 unspecified atom stereocenters. The fraction of sp³-hybridized carbons (Fsp3) is 0.611. The Bertz CT molecular complexity index is 773. The maximum absolute atomic E-state index is 9.84. The first-order valence-electron chi connectivity index (χ1n) is 9.12. The first kappa shape index (κ1) is 16.5. The van der Waals surface area contributed by atoms with Crippen LogP contribution in [0.2, 0.25) is 0 Å². The van der Waals surface area contributed by atoms with E-state index in [0.29, 0.717) is 12.2 Å². The molecule has 0 saturated carbocycles. The van der Waals surface area contributed by atoms with Crippen molar-refractivity contribution >= 4 is 5.95 Å². The molecule has 2 aromatic heterocycles. The Morgan fingerprint density at radius 1 is 1.16 bits per heavy atom. The van der Waals surface area contributed by atoms with Crippen molar-refractivity contribution in [1.82, 2.24) is 19.7 Å². The largest absolute Gasteiger partial charge is 0.393 e. The number of aryl methyl sites for hydroxylation is 3. The average Bonchev–Trinajstić information content (AvgIpc) is 2.92. The van der Waals surface area contributed by atoms with Crippen molar-refractivity contribution in [3.8, 4) is 0 Å². The van der Waals surface area contributed by atoms with Crippen molar-refractivity contribution in [1.29, 1.82) is 0 Å². The highest BCUT2D eigenvalue weighted by molar-refractivity contribution is 5.39. The van der Waals surface area contributed by atoms with Gasteiger partial charge < -0.3 is 15.1 Å². The van der Waals surface area contributed by atoms with E-state index >= 15 is 0 Å². The molecule has 1 atom stereocenters. The number of aliphatic hydroxyl groups excluding tert-OH is 2. The third-order valence-electron chi connectivity index (χ3n) is 5.21. The van der Waals surface area contributed by atoms with Crippen LogP contribution in [0.5, 0.6) is 0 Å². The molecular formula is C18H25N5O2. The van der Waals surface area contributed by atoms with Gasteiger partial charge in [0.1, 0.15) is 6.10 Å². The number of hydrogen-bond acceptors (Lipinski definition) is 6. The van der Waals surface area contributed by atoms with E-state index in [1.54, 1.807) is 0 Å². The van der Waals surface area contributed by atoms with Gasteiger partial charge in [-0.05, 0) is 50.7 Å². The van der Waals surface area contributed by atoms with Gasteiger partial charge in [-0.15, -0.1) is 0 Å². The molecule has 4 rings (SSSR count). The zero-order chi connectivity index (χ0) is 17.4. The van der Waals surface area contributed by atoms with Crippen LogP contribution in [-0.2, 0) is 25.9 Å². The zero-order valence-electron chi connectivity index (χ0n) is 14.6. The first-order chi connectivity index (χ1) is 12.2. The van der Waals surface area contributed by atoms with Crippen LogP contribution in [0.25, 0.3) is 0 Å². The third-order valence-corrected chi connectivity index (χ3v) is 5.21. The molecule has 0 spiro atoms. The molecular weight excluding hydrogens is 318 g/mol. The average molecular weight is 343 g/mol. The molecule has 2 aliphatic rings. The SMILES string of the molecule is Cc1nc(N2CCCn3nc(C(O)CO)cc3C2)nc2c1CCCC2. The van der Waals surface area contributed by atoms with Gasteiger partial charge in [0.05, 0.1) is 24.5 Å². The molecule has 1 aliphatic heterocycles. The first-order valence-corrected chi connectivity index (χ1v) is 9.12. The molecule has 0 saturated heterocycles. The summed E-state index contributed by atoms with van der Waals surface area (Å²) in [5, 5.41) is 23.4. The fourth-order valence-corrected chi connectivity index (χ4v) is 3.82. The van der Waals surface area contributed by atoms with E-state index in [0.717, 1.165) is 49.7 Å². The van der Waals surface area contributed by atoms with Crippen molar-refractivity contribution in [3.63, 3.8) is 0 Å². The molecule has 3 heterocycles. The quantitative estimate of drug-likeness (QED) is 0.873. The summed E-state index contributed by atoms with van der Waals surface area (Å²) in [6.07, 6.45) is 4.60. The lowest BCUT2D eigenvalue weighted by molar-refractivity contribution is 0.0916. The lowest BCUT2D eigenvalue weighted by Crippen LogP contribution is -2.26. The third kappa shape index (κ3) is 3.14. The number of nitrogens with zero attached hydrogens (tertiary/aromatic N) is 5. The Morgan fingerprint density at radius 2 is 2.00 bits per heavy atom. The number of anilines is 1. The molecule has 2 aromatic rings. The monoisotopic (exact) mass is 343 g/mol. The summed E-state index contributed by atoms with van der Waals surface area (Å²) in [5.74, 6) is 0.803. The highest BCUT2D eigenvalue weighted by Crippen LogP contribution is 2.26. The predicted molar refractivity (Wildman–Crippen MR) is 93.4 cm³/mol. The van der Waals surface area contributed by atoms with Crippen LogP contribution < -0.4 is 4.90 Å². The summed E-state index contributed by atoms with van der Waals surface area (Å²) in [6.45, 7) is 4.14. The maximum atomic E-state index is 9.84. The van der Waals surface area contributed by atoms with Gasteiger partial charge in [0, 0.05) is 24.5 Å². The van der Waals surface area contributed by atoms with Gasteiger partial charge in [0.2, 0.25) is 5.95 Å². The van der Waals surface area contributed by atoms with Crippen LogP contribution in [0.15, 0.2) is 6.07 Å². The van der Waals surface area contributed by atoms with Crippen molar-refractivity contribution in [2.45, 2.75) is 58.2 Å². The molecule has 134 valence electrons. The minimum Gasteiger partial charge on any atom is -0.393 e. The molecule has 0 amide bonds. The molecule has 0 fully saturated rings. The molecule has 25 heavy (non-hydrogen) atoms. The number of hydrogen-bond donors (Lipinski definition) is 2. The van der Waals surface area contributed by atoms with E-state index in [1.165, 1.54) is 24.1 Å². The van der Waals surface area contributed by atoms with E-state index in [2.05, 4.69) is 16.9 Å². The van der Waals surface area contributed by atoms with E-state index in [9.17, 15) is 5.11 Å². The summed E-state index contributed by atoms with van der Waals surface area (Å²) in [5.41, 5.74) is 5.21. The Labute approximate surface area is 147 Å². The molecule has 0 bridgehead atoms. The Hall–Kier alpha value is -1.99. The van der Waals surface area contributed by atoms with Crippen LogP contribution in [0.4, 0.5) is 5.95 Å². The Kier molecular flexibility index (Phi) is 4.43. The molecule has 2 N–H and O–H groups in total. The minimum absolute atomic E-state index is 0.312. The van der Waals surface area contributed by atoms with Crippen molar-refractivity contribution in [2.75, 3.05) is 18.1 Å². The van der Waals surface area contributed by atoms with E-state index < -0.39 is 6.10 Å². The second kappa shape index (κ2) is 6.72. The second-order valence-electron chi connectivity index (χ2n) is 7.00. The smallest absolute Gasteiger partial charge is 0.226 e. The van der Waals surface area contributed by atoms with Gasteiger partial charge >= 0.3 is 0 Å². The summed E-state index contributed by atoms with van der Waals surface area (Å²) in [7, 11) is 0. The summed E-state index contributed by atoms with van der Waals surface area (Å²) in [6, 6.07) is 1.88. The van der Waals surface area contributed by atoms with Crippen LogP contribution in [0, 0.1) is 6.92 Å². The molecule has 0 radical (unpaired) electrons. The van der Waals surface area contributed by atoms with Crippen LogP contribution in [0.3, 0.4) is 0 Å². The Morgan fingerprint density at radius 3 is 2.84 bits per heavy atom. The van der Waals surface area contributed by atoms with Gasteiger partial charge in [-0.3, -0.25) is 4.68 Å². The van der Waals surface area contributed by atoms with Gasteiger partial charge in [0.25, 0.3) is 0 Å². The number of aromatic nitrogens is 4. The highest BCUT2D eigenvalue weighted by Gasteiger charge is 2.23. The lowest BCUT2D eigenvalue weighted by Gasteiger charge is -2.24. The summed E-state index contributed by atoms with van der Waals surface area (Å²) in [4.78, 5) is 11.9. The van der Waals surface area contributed by atoms with Gasteiger partial charge in [-0.1, -0.05) is 0 Å². The summed E-state index contributed by atoms with van der Waals surface area (Å²) < 4.78 is 1.93. The van der Waals surface area contributed by atoms with E-state index in [-0.39, 0.29) is 6.61 Å². The van der Waals surface area contributed by atoms with Gasteiger partial charge in [-0.2, -0.15) is 5.10 Å². The van der Waals surface area contributed by atoms with Crippen LogP contribution in [0.1, 0.15) is 53.7 Å².